The van der Waals surface area contributed by atoms with Crippen LogP contribution in [0.4, 0.5) is 5.69 Å². The summed E-state index contributed by atoms with van der Waals surface area (Å²) >= 11 is 3.52. The Morgan fingerprint density at radius 3 is 2.85 bits per heavy atom. The van der Waals surface area contributed by atoms with Gasteiger partial charge >= 0.3 is 0 Å². The van der Waals surface area contributed by atoms with Crippen LogP contribution in [0.15, 0.2) is 28.7 Å². The van der Waals surface area contributed by atoms with Crippen LogP contribution in [0.1, 0.15) is 26.0 Å². The molecule has 20 heavy (non-hydrogen) atoms. The number of aryl methyl sites for hydroxylation is 1. The summed E-state index contributed by atoms with van der Waals surface area (Å²) in [6, 6.07) is 8.27. The smallest absolute Gasteiger partial charge is 0.0726 e. The number of hydrogen-bond donors (Lipinski definition) is 1. The van der Waals surface area contributed by atoms with E-state index in [0.717, 1.165) is 46.3 Å². The Morgan fingerprint density at radius 1 is 1.30 bits per heavy atom. The van der Waals surface area contributed by atoms with Crippen molar-refractivity contribution in [2.24, 2.45) is 0 Å². The molecule has 0 aliphatic rings. The zero-order valence-corrected chi connectivity index (χ0v) is 13.8. The minimum Gasteiger partial charge on any atom is -0.384 e. The van der Waals surface area contributed by atoms with Gasteiger partial charge in [0.2, 0.25) is 0 Å². The maximum Gasteiger partial charge on any atom is 0.0726 e. The first kappa shape index (κ1) is 15.3. The van der Waals surface area contributed by atoms with Gasteiger partial charge < -0.3 is 10.1 Å². The molecule has 0 aliphatic carbocycles. The third kappa shape index (κ3) is 4.18. The molecule has 0 bridgehead atoms. The van der Waals surface area contributed by atoms with E-state index in [1.165, 1.54) is 0 Å². The Balaban J connectivity index is 2.07. The van der Waals surface area contributed by atoms with E-state index in [-0.39, 0.29) is 0 Å². The molecule has 0 aliphatic heterocycles. The van der Waals surface area contributed by atoms with E-state index >= 15 is 0 Å². The normalized spacial score (nSPS) is 11.2. The van der Waals surface area contributed by atoms with E-state index in [1.54, 1.807) is 0 Å². The van der Waals surface area contributed by atoms with E-state index in [1.807, 2.05) is 19.1 Å². The van der Waals surface area contributed by atoms with Crippen molar-refractivity contribution in [3.05, 3.63) is 34.4 Å². The average Bonchev–Trinajstić information content (AvgIpc) is 2.38. The molecular formula is C16H21BrN2O. The van der Waals surface area contributed by atoms with Crippen molar-refractivity contribution in [2.45, 2.75) is 33.3 Å². The SMILES string of the molecule is Cc1cc(NCCCOC(C)C)c2cc(Br)ccc2n1. The third-order valence-electron chi connectivity index (χ3n) is 2.99. The highest BCUT2D eigenvalue weighted by atomic mass is 79.9. The largest absolute Gasteiger partial charge is 0.384 e. The van der Waals surface area contributed by atoms with Crippen LogP contribution in [0.25, 0.3) is 10.9 Å². The Hall–Kier alpha value is -1.13. The standard InChI is InChI=1S/C16H21BrN2O/c1-11(2)20-8-4-7-18-16-9-12(3)19-15-6-5-13(17)10-14(15)16/h5-6,9-11H,4,7-8H2,1-3H3,(H,18,19). The van der Waals surface area contributed by atoms with E-state index in [2.05, 4.69) is 52.2 Å². The molecule has 108 valence electrons. The quantitative estimate of drug-likeness (QED) is 0.786. The zero-order valence-electron chi connectivity index (χ0n) is 12.2. The number of rotatable bonds is 6. The van der Waals surface area contributed by atoms with Gasteiger partial charge in [0.25, 0.3) is 0 Å². The average molecular weight is 337 g/mol. The van der Waals surface area contributed by atoms with Gasteiger partial charge in [-0.3, -0.25) is 4.98 Å². The monoisotopic (exact) mass is 336 g/mol. The minimum atomic E-state index is 0.301. The number of anilines is 1. The predicted molar refractivity (Wildman–Crippen MR) is 88.4 cm³/mol. The van der Waals surface area contributed by atoms with Crippen LogP contribution in [0.2, 0.25) is 0 Å². The summed E-state index contributed by atoms with van der Waals surface area (Å²) in [5.74, 6) is 0. The van der Waals surface area contributed by atoms with Crippen molar-refractivity contribution in [3.63, 3.8) is 0 Å². The molecule has 0 atom stereocenters. The molecule has 3 nitrogen and oxygen atoms in total. The highest BCUT2D eigenvalue weighted by Crippen LogP contribution is 2.26. The molecule has 0 fully saturated rings. The van der Waals surface area contributed by atoms with Gasteiger partial charge in [-0.25, -0.2) is 0 Å². The maximum absolute atomic E-state index is 5.55. The summed E-state index contributed by atoms with van der Waals surface area (Å²) in [4.78, 5) is 4.56. The lowest BCUT2D eigenvalue weighted by atomic mass is 10.1. The van der Waals surface area contributed by atoms with Gasteiger partial charge in [-0.1, -0.05) is 15.9 Å². The van der Waals surface area contributed by atoms with Crippen molar-refractivity contribution >= 4 is 32.5 Å². The molecule has 2 rings (SSSR count). The number of benzene rings is 1. The first-order valence-electron chi connectivity index (χ1n) is 6.98. The molecule has 0 spiro atoms. The number of pyridine rings is 1. The number of aromatic nitrogens is 1. The summed E-state index contributed by atoms with van der Waals surface area (Å²) in [5.41, 5.74) is 3.19. The maximum atomic E-state index is 5.55. The first-order valence-corrected chi connectivity index (χ1v) is 7.78. The Kier molecular flexibility index (Phi) is 5.38. The first-order chi connectivity index (χ1) is 9.56. The lowest BCUT2D eigenvalue weighted by molar-refractivity contribution is 0.0787. The van der Waals surface area contributed by atoms with Crippen LogP contribution in [0, 0.1) is 6.92 Å². The minimum absolute atomic E-state index is 0.301. The second-order valence-electron chi connectivity index (χ2n) is 5.17. The number of ether oxygens (including phenoxy) is 1. The van der Waals surface area contributed by atoms with Crippen LogP contribution in [0.3, 0.4) is 0 Å². The van der Waals surface area contributed by atoms with Crippen LogP contribution >= 0.6 is 15.9 Å². The molecule has 0 saturated heterocycles. The van der Waals surface area contributed by atoms with Gasteiger partial charge in [0.15, 0.2) is 0 Å². The highest BCUT2D eigenvalue weighted by molar-refractivity contribution is 9.10. The molecule has 0 radical (unpaired) electrons. The lowest BCUT2D eigenvalue weighted by Gasteiger charge is -2.12. The topological polar surface area (TPSA) is 34.1 Å². The van der Waals surface area contributed by atoms with Crippen LogP contribution < -0.4 is 5.32 Å². The molecule has 4 heteroatoms. The van der Waals surface area contributed by atoms with Gasteiger partial charge in [-0.05, 0) is 51.5 Å². The van der Waals surface area contributed by atoms with E-state index in [9.17, 15) is 0 Å². The number of nitrogens with one attached hydrogen (secondary N) is 1. The lowest BCUT2D eigenvalue weighted by Crippen LogP contribution is -2.09. The van der Waals surface area contributed by atoms with Crippen LogP contribution in [0.5, 0.6) is 0 Å². The van der Waals surface area contributed by atoms with E-state index < -0.39 is 0 Å². The van der Waals surface area contributed by atoms with Crippen LogP contribution in [-0.4, -0.2) is 24.2 Å². The third-order valence-corrected chi connectivity index (χ3v) is 3.48. The number of nitrogens with zero attached hydrogens (tertiary/aromatic N) is 1. The van der Waals surface area contributed by atoms with Crippen molar-refractivity contribution in [3.8, 4) is 0 Å². The Morgan fingerprint density at radius 2 is 2.10 bits per heavy atom. The van der Waals surface area contributed by atoms with Crippen molar-refractivity contribution in [1.29, 1.82) is 0 Å². The van der Waals surface area contributed by atoms with Crippen molar-refractivity contribution in [2.75, 3.05) is 18.5 Å². The Bertz CT molecular complexity index is 584. The highest BCUT2D eigenvalue weighted by Gasteiger charge is 2.04. The molecule has 0 saturated carbocycles. The molecule has 1 aromatic carbocycles. The van der Waals surface area contributed by atoms with Gasteiger partial charge in [0, 0.05) is 34.4 Å². The second kappa shape index (κ2) is 7.04. The summed E-state index contributed by atoms with van der Waals surface area (Å²) in [6.07, 6.45) is 1.30. The zero-order chi connectivity index (χ0) is 14.5. The van der Waals surface area contributed by atoms with E-state index in [0.29, 0.717) is 6.10 Å². The van der Waals surface area contributed by atoms with Gasteiger partial charge in [-0.15, -0.1) is 0 Å². The van der Waals surface area contributed by atoms with Crippen molar-refractivity contribution < 1.29 is 4.74 Å². The molecule has 0 amide bonds. The van der Waals surface area contributed by atoms with Crippen LogP contribution in [-0.2, 0) is 4.74 Å². The van der Waals surface area contributed by atoms with Gasteiger partial charge in [0.1, 0.15) is 0 Å². The van der Waals surface area contributed by atoms with E-state index in [4.69, 9.17) is 4.74 Å². The molecule has 1 aromatic heterocycles. The number of hydrogen-bond acceptors (Lipinski definition) is 3. The fourth-order valence-corrected chi connectivity index (χ4v) is 2.45. The summed E-state index contributed by atoms with van der Waals surface area (Å²) in [7, 11) is 0. The fourth-order valence-electron chi connectivity index (χ4n) is 2.09. The molecule has 0 unspecified atom stereocenters. The summed E-state index contributed by atoms with van der Waals surface area (Å²) in [6.45, 7) is 7.83. The second-order valence-corrected chi connectivity index (χ2v) is 6.09. The van der Waals surface area contributed by atoms with Gasteiger partial charge in [0.05, 0.1) is 11.6 Å². The number of fused-ring (bicyclic) bond motifs is 1. The summed E-state index contributed by atoms with van der Waals surface area (Å²) in [5, 5.41) is 4.64. The Labute approximate surface area is 128 Å². The molecule has 2 aromatic rings. The summed E-state index contributed by atoms with van der Waals surface area (Å²) < 4.78 is 6.62. The predicted octanol–water partition coefficient (Wildman–Crippen LogP) is 4.53. The van der Waals surface area contributed by atoms with Crippen molar-refractivity contribution in [1.82, 2.24) is 4.98 Å². The molecule has 1 N–H and O–H groups in total. The van der Waals surface area contributed by atoms with Gasteiger partial charge in [-0.2, -0.15) is 0 Å². The molecule has 1 heterocycles. The molecular weight excluding hydrogens is 316 g/mol. The fraction of sp³-hybridized carbons (Fsp3) is 0.438. The number of halogens is 1.